The largest absolute Gasteiger partial charge is 0.378 e. The fourth-order valence-corrected chi connectivity index (χ4v) is 5.74. The first-order valence-electron chi connectivity index (χ1n) is 15.6. The second-order valence-corrected chi connectivity index (χ2v) is 11.5. The van der Waals surface area contributed by atoms with Crippen LogP contribution in [0.4, 0.5) is 4.79 Å². The minimum Gasteiger partial charge on any atom is -0.378 e. The highest BCUT2D eigenvalue weighted by Gasteiger charge is 2.33. The number of hydrogen-bond donors (Lipinski definition) is 3. The summed E-state index contributed by atoms with van der Waals surface area (Å²) >= 11 is 0. The molecule has 0 bridgehead atoms. The summed E-state index contributed by atoms with van der Waals surface area (Å²) in [5.74, 6) is -2.02. The molecular weight excluding hydrogens is 578 g/mol. The zero-order valence-electron chi connectivity index (χ0n) is 25.4. The highest BCUT2D eigenvalue weighted by Crippen LogP contribution is 2.27. The molecule has 2 aliphatic rings. The average molecular weight is 620 g/mol. The minimum atomic E-state index is -1.28. The van der Waals surface area contributed by atoms with Crippen LogP contribution >= 0.6 is 0 Å². The number of amides is 4. The number of para-hydroxylation sites is 1. The maximum Gasteiger partial charge on any atom is 0.318 e. The van der Waals surface area contributed by atoms with E-state index in [1.165, 1.54) is 4.68 Å². The van der Waals surface area contributed by atoms with E-state index in [1.54, 1.807) is 17.0 Å². The van der Waals surface area contributed by atoms with Gasteiger partial charge in [0, 0.05) is 13.1 Å². The van der Waals surface area contributed by atoms with Gasteiger partial charge >= 0.3 is 6.03 Å². The molecule has 45 heavy (non-hydrogen) atoms. The number of carbonyl (C=O) groups excluding carboxylic acids is 4. The van der Waals surface area contributed by atoms with E-state index >= 15 is 0 Å². The molecule has 1 aliphatic carbocycles. The number of nitrogens with one attached hydrogen (secondary N) is 3. The summed E-state index contributed by atoms with van der Waals surface area (Å²) < 4.78 is 12.6. The van der Waals surface area contributed by atoms with Gasteiger partial charge in [-0.05, 0) is 30.0 Å². The number of Topliss-reactive ketones (excluding diaryl/α,β-unsaturated/α-hetero) is 1. The fraction of sp³-hybridized carbons (Fsp3) is 0.500. The average Bonchev–Trinajstić information content (AvgIpc) is 3.50. The third-order valence-electron chi connectivity index (χ3n) is 8.27. The standard InChI is InChI=1S/C32H41N7O6/c40-29(31(42)33-22-39-28-14-8-7-13-25(28)36-37-39)27(21-45-20-24-11-5-2-6-12-24)34-30(41)26(19-23-9-3-1-4-10-23)35-32(43)38-15-17-44-18-16-38/h2,5-8,11-14,23,26-27H,1,3-4,9-10,15-22H2,(H,33,42)(H,34,41)(H,35,43)/t26-,27-/m0/s1. The van der Waals surface area contributed by atoms with Crippen LogP contribution in [-0.4, -0.2) is 88.5 Å². The summed E-state index contributed by atoms with van der Waals surface area (Å²) in [6, 6.07) is 14.1. The maximum atomic E-state index is 13.8. The number of rotatable bonds is 13. The Balaban J connectivity index is 1.27. The summed E-state index contributed by atoms with van der Waals surface area (Å²) in [4.78, 5) is 55.0. The van der Waals surface area contributed by atoms with Gasteiger partial charge in [0.05, 0.1) is 31.9 Å². The van der Waals surface area contributed by atoms with Crippen LogP contribution in [0.5, 0.6) is 0 Å². The number of nitrogens with zero attached hydrogens (tertiary/aromatic N) is 4. The zero-order valence-corrected chi connectivity index (χ0v) is 25.4. The molecule has 1 aromatic heterocycles. The Morgan fingerprint density at radius 1 is 0.911 bits per heavy atom. The molecule has 3 aromatic rings. The molecule has 13 heteroatoms. The number of carbonyl (C=O) groups is 4. The summed E-state index contributed by atoms with van der Waals surface area (Å²) in [7, 11) is 0. The van der Waals surface area contributed by atoms with Crippen molar-refractivity contribution in [1.29, 1.82) is 0 Å². The lowest BCUT2D eigenvalue weighted by Gasteiger charge is -2.31. The maximum absolute atomic E-state index is 13.8. The van der Waals surface area contributed by atoms with Crippen molar-refractivity contribution >= 4 is 34.7 Å². The first-order valence-corrected chi connectivity index (χ1v) is 15.6. The van der Waals surface area contributed by atoms with Crippen molar-refractivity contribution in [2.75, 3.05) is 32.9 Å². The smallest absolute Gasteiger partial charge is 0.318 e. The lowest BCUT2D eigenvalue weighted by Crippen LogP contribution is -2.58. The quantitative estimate of drug-likeness (QED) is 0.246. The van der Waals surface area contributed by atoms with E-state index in [0.29, 0.717) is 43.8 Å². The first-order chi connectivity index (χ1) is 22.0. The summed E-state index contributed by atoms with van der Waals surface area (Å²) in [5, 5.41) is 16.3. The highest BCUT2D eigenvalue weighted by atomic mass is 16.5. The van der Waals surface area contributed by atoms with E-state index in [2.05, 4.69) is 26.3 Å². The number of ether oxygens (including phenoxy) is 2. The molecule has 0 unspecified atom stereocenters. The Labute approximate surface area is 262 Å². The van der Waals surface area contributed by atoms with Gasteiger partial charge in [-0.25, -0.2) is 9.48 Å². The van der Waals surface area contributed by atoms with Gasteiger partial charge in [0.15, 0.2) is 0 Å². The number of hydrogen-bond acceptors (Lipinski definition) is 8. The highest BCUT2D eigenvalue weighted by molar-refractivity contribution is 6.38. The van der Waals surface area contributed by atoms with Crippen LogP contribution in [0.3, 0.4) is 0 Å². The number of fused-ring (bicyclic) bond motifs is 1. The molecule has 2 atom stereocenters. The molecule has 3 N–H and O–H groups in total. The van der Waals surface area contributed by atoms with E-state index in [0.717, 1.165) is 37.7 Å². The molecule has 1 saturated carbocycles. The van der Waals surface area contributed by atoms with E-state index in [9.17, 15) is 19.2 Å². The lowest BCUT2D eigenvalue weighted by atomic mass is 9.84. The van der Waals surface area contributed by atoms with Crippen LogP contribution in [0, 0.1) is 5.92 Å². The van der Waals surface area contributed by atoms with E-state index in [4.69, 9.17) is 9.47 Å². The number of morpholine rings is 1. The van der Waals surface area contributed by atoms with Crippen LogP contribution in [0.2, 0.25) is 0 Å². The second-order valence-electron chi connectivity index (χ2n) is 11.5. The van der Waals surface area contributed by atoms with Crippen molar-refractivity contribution in [3.8, 4) is 0 Å². The molecule has 1 aliphatic heterocycles. The Morgan fingerprint density at radius 3 is 2.42 bits per heavy atom. The van der Waals surface area contributed by atoms with E-state index in [1.807, 2.05) is 42.5 Å². The van der Waals surface area contributed by atoms with Crippen LogP contribution < -0.4 is 16.0 Å². The molecule has 2 heterocycles. The molecular formula is C32H41N7O6. The van der Waals surface area contributed by atoms with Crippen molar-refractivity contribution in [3.05, 3.63) is 60.2 Å². The monoisotopic (exact) mass is 619 g/mol. The van der Waals surface area contributed by atoms with Gasteiger partial charge < -0.3 is 30.3 Å². The summed E-state index contributed by atoms with van der Waals surface area (Å²) in [6.07, 6.45) is 5.69. The van der Waals surface area contributed by atoms with Gasteiger partial charge in [-0.2, -0.15) is 0 Å². The lowest BCUT2D eigenvalue weighted by molar-refractivity contribution is -0.141. The van der Waals surface area contributed by atoms with E-state index < -0.39 is 29.7 Å². The molecule has 13 nitrogen and oxygen atoms in total. The molecule has 240 valence electrons. The van der Waals surface area contributed by atoms with Crippen molar-refractivity contribution in [3.63, 3.8) is 0 Å². The fourth-order valence-electron chi connectivity index (χ4n) is 5.74. The SMILES string of the molecule is O=C(NCn1nnc2ccccc21)C(=O)[C@H](COCc1ccccc1)NC(=O)[C@H](CC1CCCCC1)NC(=O)N1CCOCC1. The molecule has 2 aromatic carbocycles. The summed E-state index contributed by atoms with van der Waals surface area (Å²) in [6.45, 7) is 1.59. The number of benzene rings is 2. The predicted octanol–water partition coefficient (Wildman–Crippen LogP) is 2.16. The molecule has 4 amide bonds. The van der Waals surface area contributed by atoms with E-state index in [-0.39, 0.29) is 31.8 Å². The molecule has 1 saturated heterocycles. The van der Waals surface area contributed by atoms with Crippen LogP contribution in [-0.2, 0) is 37.1 Å². The number of ketones is 1. The second kappa shape index (κ2) is 16.1. The Morgan fingerprint density at radius 2 is 1.64 bits per heavy atom. The van der Waals surface area contributed by atoms with Crippen molar-refractivity contribution in [2.24, 2.45) is 5.92 Å². The van der Waals surface area contributed by atoms with Gasteiger partial charge in [0.2, 0.25) is 11.7 Å². The Hall–Kier alpha value is -4.36. The molecule has 0 spiro atoms. The van der Waals surface area contributed by atoms with Crippen molar-refractivity contribution in [2.45, 2.75) is 63.9 Å². The van der Waals surface area contributed by atoms with Crippen molar-refractivity contribution < 1.29 is 28.7 Å². The molecule has 2 fully saturated rings. The minimum absolute atomic E-state index is 0.0868. The third-order valence-corrected chi connectivity index (χ3v) is 8.27. The number of urea groups is 1. The molecule has 0 radical (unpaired) electrons. The Bertz CT molecular complexity index is 1440. The third kappa shape index (κ3) is 9.08. The van der Waals surface area contributed by atoms with Gasteiger partial charge in [0.1, 0.15) is 24.3 Å². The normalized spacial score (nSPS) is 16.9. The van der Waals surface area contributed by atoms with Gasteiger partial charge in [-0.1, -0.05) is 79.8 Å². The van der Waals surface area contributed by atoms with Gasteiger partial charge in [-0.15, -0.1) is 5.10 Å². The number of aromatic nitrogens is 3. The predicted molar refractivity (Wildman–Crippen MR) is 165 cm³/mol. The van der Waals surface area contributed by atoms with Crippen LogP contribution in [0.1, 0.15) is 44.1 Å². The van der Waals surface area contributed by atoms with Gasteiger partial charge in [-0.3, -0.25) is 14.4 Å². The van der Waals surface area contributed by atoms with Crippen LogP contribution in [0.15, 0.2) is 54.6 Å². The van der Waals surface area contributed by atoms with Crippen LogP contribution in [0.25, 0.3) is 11.0 Å². The zero-order chi connectivity index (χ0) is 31.4. The Kier molecular flexibility index (Phi) is 11.5. The van der Waals surface area contributed by atoms with Crippen molar-refractivity contribution in [1.82, 2.24) is 35.8 Å². The molecule has 5 rings (SSSR count). The first kappa shape index (κ1) is 32.0. The summed E-state index contributed by atoms with van der Waals surface area (Å²) in [5.41, 5.74) is 2.23. The topological polar surface area (TPSA) is 157 Å². The van der Waals surface area contributed by atoms with Gasteiger partial charge in [0.25, 0.3) is 5.91 Å².